The Labute approximate surface area is 164 Å². The zero-order valence-electron chi connectivity index (χ0n) is 14.2. The molecule has 26 heavy (non-hydrogen) atoms. The summed E-state index contributed by atoms with van der Waals surface area (Å²) in [5.74, 6) is -0.224. The Balaban J connectivity index is 1.61. The molecule has 1 N–H and O–H groups in total. The van der Waals surface area contributed by atoms with E-state index in [2.05, 4.69) is 42.3 Å². The smallest absolute Gasteiger partial charge is 0.269 e. The fourth-order valence-electron chi connectivity index (χ4n) is 2.78. The van der Waals surface area contributed by atoms with E-state index < -0.39 is 0 Å². The minimum atomic E-state index is -0.224. The second-order valence-electron chi connectivity index (χ2n) is 6.05. The number of thiazole rings is 1. The number of nitrogens with zero attached hydrogens (tertiary/aromatic N) is 1. The molecule has 0 radical (unpaired) electrons. The standard InChI is InChI=1S/C20H15ClN2OS2/c1-11-7-8-12(2)14(9-11)15-10-25-20(22-15)23-19(24)18-17(21)13-5-3-4-6-16(13)26-18/h3-10H,1-2H3,(H,22,23,24). The lowest BCUT2D eigenvalue weighted by Crippen LogP contribution is -2.10. The molecule has 0 saturated carbocycles. The van der Waals surface area contributed by atoms with Crippen molar-refractivity contribution in [2.45, 2.75) is 13.8 Å². The van der Waals surface area contributed by atoms with Crippen LogP contribution in [0.1, 0.15) is 20.8 Å². The van der Waals surface area contributed by atoms with Gasteiger partial charge in [0, 0.05) is 21.0 Å². The van der Waals surface area contributed by atoms with E-state index in [4.69, 9.17) is 11.6 Å². The van der Waals surface area contributed by atoms with Gasteiger partial charge in [0.05, 0.1) is 10.7 Å². The van der Waals surface area contributed by atoms with Gasteiger partial charge < -0.3 is 0 Å². The summed E-state index contributed by atoms with van der Waals surface area (Å²) in [6.07, 6.45) is 0. The van der Waals surface area contributed by atoms with E-state index in [0.29, 0.717) is 15.0 Å². The van der Waals surface area contributed by atoms with Gasteiger partial charge in [-0.15, -0.1) is 22.7 Å². The van der Waals surface area contributed by atoms with Crippen molar-refractivity contribution >= 4 is 55.4 Å². The van der Waals surface area contributed by atoms with Crippen LogP contribution in [0, 0.1) is 13.8 Å². The number of nitrogens with one attached hydrogen (secondary N) is 1. The predicted molar refractivity (Wildman–Crippen MR) is 112 cm³/mol. The Kier molecular flexibility index (Phi) is 4.53. The molecule has 4 aromatic rings. The lowest BCUT2D eigenvalue weighted by atomic mass is 10.0. The largest absolute Gasteiger partial charge is 0.297 e. The third-order valence-electron chi connectivity index (χ3n) is 4.13. The van der Waals surface area contributed by atoms with Crippen LogP contribution in [0.15, 0.2) is 47.8 Å². The fraction of sp³-hybridized carbons (Fsp3) is 0.100. The van der Waals surface area contributed by atoms with Crippen molar-refractivity contribution in [3.8, 4) is 11.3 Å². The zero-order valence-corrected chi connectivity index (χ0v) is 16.6. The van der Waals surface area contributed by atoms with Crippen LogP contribution in [0.25, 0.3) is 21.3 Å². The van der Waals surface area contributed by atoms with Crippen LogP contribution in [0.2, 0.25) is 5.02 Å². The molecule has 0 fully saturated rings. The molecule has 0 aliphatic heterocycles. The number of aromatic nitrogens is 1. The van der Waals surface area contributed by atoms with Crippen molar-refractivity contribution in [2.24, 2.45) is 0 Å². The minimum absolute atomic E-state index is 0.224. The fourth-order valence-corrected chi connectivity index (χ4v) is 4.90. The predicted octanol–water partition coefficient (Wildman–Crippen LogP) is 6.55. The van der Waals surface area contributed by atoms with Gasteiger partial charge in [0.1, 0.15) is 4.88 Å². The summed E-state index contributed by atoms with van der Waals surface area (Å²) in [4.78, 5) is 17.7. The molecule has 0 spiro atoms. The van der Waals surface area contributed by atoms with Crippen LogP contribution in [-0.2, 0) is 0 Å². The van der Waals surface area contributed by atoms with Gasteiger partial charge in [-0.1, -0.05) is 47.5 Å². The maximum atomic E-state index is 12.7. The molecule has 6 heteroatoms. The number of rotatable bonds is 3. The van der Waals surface area contributed by atoms with Crippen molar-refractivity contribution in [1.82, 2.24) is 4.98 Å². The summed E-state index contributed by atoms with van der Waals surface area (Å²) >= 11 is 9.19. The van der Waals surface area contributed by atoms with E-state index in [9.17, 15) is 4.79 Å². The molecule has 4 rings (SSSR count). The highest BCUT2D eigenvalue weighted by Gasteiger charge is 2.18. The Bertz CT molecular complexity index is 1130. The van der Waals surface area contributed by atoms with Gasteiger partial charge in [0.25, 0.3) is 5.91 Å². The normalized spacial score (nSPS) is 11.0. The van der Waals surface area contributed by atoms with Crippen LogP contribution < -0.4 is 5.32 Å². The Morgan fingerprint density at radius 3 is 2.77 bits per heavy atom. The average Bonchev–Trinajstić information content (AvgIpc) is 3.22. The number of benzene rings is 2. The van der Waals surface area contributed by atoms with E-state index in [1.165, 1.54) is 28.2 Å². The second-order valence-corrected chi connectivity index (χ2v) is 8.34. The third-order valence-corrected chi connectivity index (χ3v) is 6.57. The molecule has 0 bridgehead atoms. The van der Waals surface area contributed by atoms with Gasteiger partial charge in [-0.25, -0.2) is 4.98 Å². The van der Waals surface area contributed by atoms with Crippen LogP contribution >= 0.6 is 34.3 Å². The SMILES string of the molecule is Cc1ccc(C)c(-c2csc(NC(=O)c3sc4ccccc4c3Cl)n2)c1. The van der Waals surface area contributed by atoms with Crippen molar-refractivity contribution in [3.63, 3.8) is 0 Å². The Morgan fingerprint density at radius 2 is 1.96 bits per heavy atom. The van der Waals surface area contributed by atoms with Crippen LogP contribution in [0.4, 0.5) is 5.13 Å². The summed E-state index contributed by atoms with van der Waals surface area (Å²) in [6.45, 7) is 4.12. The van der Waals surface area contributed by atoms with Gasteiger partial charge in [-0.3, -0.25) is 10.1 Å². The maximum absolute atomic E-state index is 12.7. The number of amides is 1. The molecular formula is C20H15ClN2OS2. The molecule has 2 aromatic heterocycles. The molecule has 3 nitrogen and oxygen atoms in total. The monoisotopic (exact) mass is 398 g/mol. The van der Waals surface area contributed by atoms with E-state index in [1.54, 1.807) is 0 Å². The first-order valence-electron chi connectivity index (χ1n) is 8.04. The van der Waals surface area contributed by atoms with E-state index in [-0.39, 0.29) is 5.91 Å². The summed E-state index contributed by atoms with van der Waals surface area (Å²) in [5.41, 5.74) is 4.29. The number of halogens is 1. The minimum Gasteiger partial charge on any atom is -0.297 e. The lowest BCUT2D eigenvalue weighted by Gasteiger charge is -2.04. The van der Waals surface area contributed by atoms with Gasteiger partial charge in [0.2, 0.25) is 0 Å². The molecule has 1 amide bonds. The van der Waals surface area contributed by atoms with E-state index >= 15 is 0 Å². The number of carbonyl (C=O) groups excluding carboxylic acids is 1. The van der Waals surface area contributed by atoms with Crippen molar-refractivity contribution in [2.75, 3.05) is 5.32 Å². The van der Waals surface area contributed by atoms with Crippen molar-refractivity contribution in [3.05, 3.63) is 68.9 Å². The maximum Gasteiger partial charge on any atom is 0.269 e. The highest BCUT2D eigenvalue weighted by molar-refractivity contribution is 7.21. The summed E-state index contributed by atoms with van der Waals surface area (Å²) in [6, 6.07) is 14.0. The number of thiophene rings is 1. The van der Waals surface area contributed by atoms with Gasteiger partial charge in [0.15, 0.2) is 5.13 Å². The highest BCUT2D eigenvalue weighted by Crippen LogP contribution is 2.36. The van der Waals surface area contributed by atoms with E-state index in [0.717, 1.165) is 26.9 Å². The summed E-state index contributed by atoms with van der Waals surface area (Å²) in [7, 11) is 0. The number of aryl methyl sites for hydroxylation is 2. The third kappa shape index (κ3) is 3.14. The first-order valence-corrected chi connectivity index (χ1v) is 10.1. The van der Waals surface area contributed by atoms with E-state index in [1.807, 2.05) is 29.6 Å². The molecule has 2 heterocycles. The topological polar surface area (TPSA) is 42.0 Å². The molecule has 0 saturated heterocycles. The first kappa shape index (κ1) is 17.2. The number of hydrogen-bond donors (Lipinski definition) is 1. The lowest BCUT2D eigenvalue weighted by molar-refractivity contribution is 0.103. The molecular weight excluding hydrogens is 384 g/mol. The van der Waals surface area contributed by atoms with Crippen molar-refractivity contribution < 1.29 is 4.79 Å². The van der Waals surface area contributed by atoms with Crippen LogP contribution in [0.3, 0.4) is 0 Å². The average molecular weight is 399 g/mol. The van der Waals surface area contributed by atoms with Gasteiger partial charge in [-0.2, -0.15) is 0 Å². The molecule has 130 valence electrons. The van der Waals surface area contributed by atoms with Crippen LogP contribution in [0.5, 0.6) is 0 Å². The van der Waals surface area contributed by atoms with Crippen molar-refractivity contribution in [1.29, 1.82) is 0 Å². The van der Waals surface area contributed by atoms with Gasteiger partial charge in [-0.05, 0) is 31.5 Å². The Hall–Kier alpha value is -2.21. The summed E-state index contributed by atoms with van der Waals surface area (Å²) < 4.78 is 0.998. The van der Waals surface area contributed by atoms with Crippen LogP contribution in [-0.4, -0.2) is 10.9 Å². The molecule has 2 aromatic carbocycles. The second kappa shape index (κ2) is 6.83. The zero-order chi connectivity index (χ0) is 18.3. The Morgan fingerprint density at radius 1 is 1.15 bits per heavy atom. The molecule has 0 aliphatic carbocycles. The number of carbonyl (C=O) groups is 1. The first-order chi connectivity index (χ1) is 12.5. The molecule has 0 atom stereocenters. The highest BCUT2D eigenvalue weighted by atomic mass is 35.5. The van der Waals surface area contributed by atoms with Gasteiger partial charge >= 0.3 is 0 Å². The number of fused-ring (bicyclic) bond motifs is 1. The number of hydrogen-bond acceptors (Lipinski definition) is 4. The number of anilines is 1. The quantitative estimate of drug-likeness (QED) is 0.425. The summed E-state index contributed by atoms with van der Waals surface area (Å²) in [5, 5.41) is 6.81. The molecule has 0 aliphatic rings. The molecule has 0 unspecified atom stereocenters.